The van der Waals surface area contributed by atoms with E-state index in [1.807, 2.05) is 24.3 Å². The van der Waals surface area contributed by atoms with Gasteiger partial charge in [-0.15, -0.1) is 0 Å². The molecule has 0 fully saturated rings. The molecule has 4 aromatic heterocycles. The van der Waals surface area contributed by atoms with Crippen molar-refractivity contribution in [1.82, 2.24) is 18.7 Å². The predicted octanol–water partition coefficient (Wildman–Crippen LogP) is 18.4. The van der Waals surface area contributed by atoms with Gasteiger partial charge in [-0.3, -0.25) is 0 Å². The van der Waals surface area contributed by atoms with Crippen LogP contribution in [0.1, 0.15) is 0 Å². The number of hydrogen-bond acceptors (Lipinski definition) is 0. The van der Waals surface area contributed by atoms with Crippen molar-refractivity contribution in [1.29, 1.82) is 0 Å². The normalized spacial score (nSPS) is 11.6. The van der Waals surface area contributed by atoms with Crippen molar-refractivity contribution in [3.63, 3.8) is 0 Å². The zero-order chi connectivity index (χ0) is 46.8. The van der Waals surface area contributed by atoms with Gasteiger partial charge in [-0.1, -0.05) is 121 Å². The summed E-state index contributed by atoms with van der Waals surface area (Å²) < 4.78 is 35.9. The summed E-state index contributed by atoms with van der Waals surface area (Å²) in [6.07, 6.45) is 0. The van der Waals surface area contributed by atoms with E-state index in [-0.39, 0.29) is 11.6 Å². The lowest BCUT2D eigenvalue weighted by molar-refractivity contribution is 0.620. The largest absolute Gasteiger partial charge is 0.354 e. The molecule has 4 heterocycles. The number of aromatic amines is 1. The quantitative estimate of drug-likeness (QED) is 0.135. The molecule has 0 bridgehead atoms. The van der Waals surface area contributed by atoms with Gasteiger partial charge >= 0.3 is 0 Å². The Morgan fingerprint density at radius 1 is 0.348 bits per heavy atom. The van der Waals surface area contributed by atoms with Crippen molar-refractivity contribution < 1.29 is 8.78 Å². The van der Waals surface area contributed by atoms with Crippen LogP contribution < -0.4 is 0 Å². The molecule has 0 saturated heterocycles. The lowest BCUT2D eigenvalue weighted by atomic mass is 10.1. The van der Waals surface area contributed by atoms with Crippen LogP contribution in [0.3, 0.4) is 0 Å². The number of nitrogens with one attached hydrogen (secondary N) is 1. The number of halogens is 5. The molecule has 14 rings (SSSR count). The van der Waals surface area contributed by atoms with Crippen LogP contribution in [0, 0.1) is 15.2 Å². The van der Waals surface area contributed by atoms with Gasteiger partial charge in [0.15, 0.2) is 0 Å². The van der Waals surface area contributed by atoms with Crippen LogP contribution in [0.25, 0.3) is 104 Å². The molecule has 0 unspecified atom stereocenters. The molecule has 69 heavy (non-hydrogen) atoms. The van der Waals surface area contributed by atoms with Gasteiger partial charge in [-0.2, -0.15) is 0 Å². The van der Waals surface area contributed by atoms with Gasteiger partial charge < -0.3 is 18.7 Å². The molecule has 1 N–H and O–H groups in total. The van der Waals surface area contributed by atoms with Crippen LogP contribution in [0.5, 0.6) is 0 Å². The average Bonchev–Trinajstić information content (AvgIpc) is 4.13. The zero-order valence-corrected chi connectivity index (χ0v) is 41.8. The second kappa shape index (κ2) is 17.8. The maximum Gasteiger partial charge on any atom is 0.139 e. The maximum absolute atomic E-state index is 14.6. The van der Waals surface area contributed by atoms with Gasteiger partial charge in [0.2, 0.25) is 0 Å². The summed E-state index contributed by atoms with van der Waals surface area (Å²) >= 11 is 8.40. The smallest absolute Gasteiger partial charge is 0.139 e. The molecule has 14 aromatic rings. The molecule has 0 aliphatic heterocycles. The van der Waals surface area contributed by atoms with Crippen molar-refractivity contribution in [2.45, 2.75) is 0 Å². The van der Waals surface area contributed by atoms with E-state index in [2.05, 4.69) is 243 Å². The number of fused-ring (bicyclic) bond motifs is 14. The highest BCUT2D eigenvalue weighted by molar-refractivity contribution is 14.1. The van der Waals surface area contributed by atoms with Gasteiger partial charge in [-0.05, 0) is 152 Å². The van der Waals surface area contributed by atoms with Crippen LogP contribution in [-0.4, -0.2) is 18.7 Å². The lowest BCUT2D eigenvalue weighted by Gasteiger charge is -2.10. The van der Waals surface area contributed by atoms with Gasteiger partial charge in [0.05, 0.1) is 42.0 Å². The Bertz CT molecular complexity index is 4270. The fraction of sp³-hybridized carbons (Fsp3) is 0. The minimum absolute atomic E-state index is 0.207. The predicted molar refractivity (Wildman–Crippen MR) is 300 cm³/mol. The first-order valence-corrected chi connectivity index (χ1v) is 25.1. The molecular formula is C60H37Br2F2IN4. The topological polar surface area (TPSA) is 30.6 Å². The van der Waals surface area contributed by atoms with E-state index < -0.39 is 0 Å². The Morgan fingerprint density at radius 2 is 0.826 bits per heavy atom. The van der Waals surface area contributed by atoms with Gasteiger partial charge in [0, 0.05) is 74.8 Å². The summed E-state index contributed by atoms with van der Waals surface area (Å²) in [5.74, 6) is -0.482. The van der Waals surface area contributed by atoms with E-state index in [1.54, 1.807) is 18.2 Å². The molecule has 332 valence electrons. The van der Waals surface area contributed by atoms with E-state index in [1.165, 1.54) is 71.7 Å². The maximum atomic E-state index is 14.6. The number of rotatable bonds is 3. The van der Waals surface area contributed by atoms with Crippen LogP contribution in [0.15, 0.2) is 227 Å². The van der Waals surface area contributed by atoms with Crippen LogP contribution in [0.2, 0.25) is 0 Å². The van der Waals surface area contributed by atoms with Gasteiger partial charge in [0.1, 0.15) is 11.6 Å². The number of aromatic nitrogens is 4. The number of hydrogen-bond donors (Lipinski definition) is 1. The summed E-state index contributed by atoms with van der Waals surface area (Å²) in [5.41, 5.74) is 12.4. The molecule has 0 atom stereocenters. The monoisotopic (exact) mass is 1140 g/mol. The minimum Gasteiger partial charge on any atom is -0.354 e. The molecule has 0 amide bonds. The third kappa shape index (κ3) is 7.42. The Labute approximate surface area is 425 Å². The van der Waals surface area contributed by atoms with Crippen molar-refractivity contribution in [2.75, 3.05) is 0 Å². The van der Waals surface area contributed by atoms with E-state index in [0.717, 1.165) is 42.3 Å². The first kappa shape index (κ1) is 43.2. The number of nitrogens with zero attached hydrogens (tertiary/aromatic N) is 3. The number of H-pyrrole nitrogens is 1. The zero-order valence-electron chi connectivity index (χ0n) is 36.5. The summed E-state index contributed by atoms with van der Waals surface area (Å²) in [6.45, 7) is 0. The lowest BCUT2D eigenvalue weighted by Crippen LogP contribution is -1.96. The highest BCUT2D eigenvalue weighted by atomic mass is 127. The molecule has 4 nitrogen and oxygen atoms in total. The van der Waals surface area contributed by atoms with Crippen LogP contribution >= 0.6 is 54.5 Å². The summed E-state index contributed by atoms with van der Waals surface area (Å²) in [6, 6.07) is 74.4. The fourth-order valence-corrected chi connectivity index (χ4v) is 10.9. The molecule has 0 spiro atoms. The van der Waals surface area contributed by atoms with E-state index >= 15 is 0 Å². The summed E-state index contributed by atoms with van der Waals surface area (Å²) in [7, 11) is 0. The summed E-state index contributed by atoms with van der Waals surface area (Å²) in [4.78, 5) is 3.58. The van der Waals surface area contributed by atoms with Crippen LogP contribution in [-0.2, 0) is 0 Å². The SMILES string of the molecule is Fc1cc(-n2c3ccccc3c3c2ccc2c4ccccc4n(-c4ccccc4)c23)ccc1Br.Fc1cc(I)ccc1Br.c1ccc(-n2c3ccccc3c3ccc4[nH]c5ccccc5c4c32)cc1. The van der Waals surface area contributed by atoms with Crippen molar-refractivity contribution >= 4 is 142 Å². The van der Waals surface area contributed by atoms with Gasteiger partial charge in [-0.25, -0.2) is 8.78 Å². The highest BCUT2D eigenvalue weighted by Gasteiger charge is 2.21. The second-order valence-corrected chi connectivity index (χ2v) is 19.8. The first-order chi connectivity index (χ1) is 33.8. The van der Waals surface area contributed by atoms with Crippen molar-refractivity contribution in [3.8, 4) is 17.1 Å². The average molecular weight is 1140 g/mol. The summed E-state index contributed by atoms with van der Waals surface area (Å²) in [5, 5.41) is 9.88. The molecule has 0 radical (unpaired) electrons. The molecule has 0 saturated carbocycles. The van der Waals surface area contributed by atoms with Crippen molar-refractivity contribution in [3.05, 3.63) is 243 Å². The third-order valence-corrected chi connectivity index (χ3v) is 14.8. The minimum atomic E-state index is -0.275. The first-order valence-electron chi connectivity index (χ1n) is 22.4. The molecule has 0 aliphatic rings. The molecular weight excluding hydrogens is 1100 g/mol. The Balaban J connectivity index is 0.000000124. The van der Waals surface area contributed by atoms with Gasteiger partial charge in [0.25, 0.3) is 0 Å². The van der Waals surface area contributed by atoms with E-state index in [0.29, 0.717) is 8.95 Å². The van der Waals surface area contributed by atoms with E-state index in [4.69, 9.17) is 0 Å². The number of para-hydroxylation sites is 6. The standard InChI is InChI=1S/C30H18BrFN2.C24H16N2.C6H3BrFI/c31-24-16-14-20(18-25(24)32)33-27-13-7-5-11-23(27)29-28(33)17-15-22-21-10-4-6-12-26(21)34(30(22)29)19-8-2-1-3-9-19;1-2-8-16(9-3-1)26-22-13-7-5-10-17(22)18-14-15-21-23(24(18)26)19-11-4-6-12-20(19)25-21;7-5-2-1-4(9)3-6(5)8/h1-18H;1-15,25H;1-3H. The van der Waals surface area contributed by atoms with Crippen LogP contribution in [0.4, 0.5) is 8.78 Å². The fourth-order valence-electron chi connectivity index (χ4n) is 9.96. The Kier molecular flexibility index (Phi) is 11.2. The second-order valence-electron chi connectivity index (χ2n) is 16.8. The Hall–Kier alpha value is -7.05. The molecule has 10 aromatic carbocycles. The Morgan fingerprint density at radius 3 is 1.41 bits per heavy atom. The van der Waals surface area contributed by atoms with E-state index in [9.17, 15) is 8.78 Å². The van der Waals surface area contributed by atoms with Crippen molar-refractivity contribution in [2.24, 2.45) is 0 Å². The molecule has 9 heteroatoms. The highest BCUT2D eigenvalue weighted by Crippen LogP contribution is 2.43. The third-order valence-electron chi connectivity index (χ3n) is 12.8. The molecule has 0 aliphatic carbocycles. The number of benzene rings is 10.